The van der Waals surface area contributed by atoms with Crippen molar-refractivity contribution in [3.05, 3.63) is 77.6 Å². The van der Waals surface area contributed by atoms with E-state index in [1.54, 1.807) is 6.20 Å². The number of pyridine rings is 1. The molecule has 0 atom stereocenters. The van der Waals surface area contributed by atoms with Crippen molar-refractivity contribution in [1.82, 2.24) is 14.5 Å². The highest BCUT2D eigenvalue weighted by atomic mass is 32.1. The lowest BCUT2D eigenvalue weighted by molar-refractivity contribution is 0.0751. The number of fused-ring (bicyclic) bond motifs is 1. The summed E-state index contributed by atoms with van der Waals surface area (Å²) in [6, 6.07) is 16.5. The summed E-state index contributed by atoms with van der Waals surface area (Å²) in [5.41, 5.74) is 3.43. The second kappa shape index (κ2) is 7.37. The van der Waals surface area contributed by atoms with Crippen molar-refractivity contribution in [3.63, 3.8) is 0 Å². The lowest BCUT2D eigenvalue weighted by Gasteiger charge is -2.36. The SMILES string of the molecule is Cc1cccc(N2CCN(C(=O)c3sc4ncccc4c3-n3cccc3)CC2)c1. The number of hydrogen-bond donors (Lipinski definition) is 0. The molecule has 6 heteroatoms. The molecule has 0 N–H and O–H groups in total. The molecular formula is C23H22N4OS. The molecule has 0 saturated carbocycles. The first-order chi connectivity index (χ1) is 14.2. The molecule has 3 aromatic heterocycles. The van der Waals surface area contributed by atoms with Crippen LogP contribution in [0.25, 0.3) is 15.9 Å². The van der Waals surface area contributed by atoms with Gasteiger partial charge in [-0.05, 0) is 48.9 Å². The van der Waals surface area contributed by atoms with Gasteiger partial charge in [0.2, 0.25) is 0 Å². The van der Waals surface area contributed by atoms with Crippen LogP contribution in [-0.4, -0.2) is 46.5 Å². The van der Waals surface area contributed by atoms with E-state index in [9.17, 15) is 4.79 Å². The number of benzene rings is 1. The quantitative estimate of drug-likeness (QED) is 0.511. The Morgan fingerprint density at radius 3 is 2.55 bits per heavy atom. The first kappa shape index (κ1) is 17.9. The minimum atomic E-state index is 0.0978. The maximum Gasteiger partial charge on any atom is 0.266 e. The zero-order chi connectivity index (χ0) is 19.8. The van der Waals surface area contributed by atoms with Gasteiger partial charge >= 0.3 is 0 Å². The van der Waals surface area contributed by atoms with Crippen LogP contribution < -0.4 is 4.90 Å². The smallest absolute Gasteiger partial charge is 0.266 e. The fraction of sp³-hybridized carbons (Fsp3) is 0.217. The third kappa shape index (κ3) is 3.29. The number of aryl methyl sites for hydroxylation is 1. The first-order valence-electron chi connectivity index (χ1n) is 9.82. The molecular weight excluding hydrogens is 380 g/mol. The molecule has 0 bridgehead atoms. The van der Waals surface area contributed by atoms with Crippen molar-refractivity contribution in [2.24, 2.45) is 0 Å². The van der Waals surface area contributed by atoms with Crippen molar-refractivity contribution in [2.75, 3.05) is 31.1 Å². The molecule has 1 saturated heterocycles. The third-order valence-electron chi connectivity index (χ3n) is 5.43. The monoisotopic (exact) mass is 402 g/mol. The minimum absolute atomic E-state index is 0.0978. The molecule has 5 nitrogen and oxygen atoms in total. The highest BCUT2D eigenvalue weighted by molar-refractivity contribution is 7.21. The standard InChI is InChI=1S/C23H22N4OS/c1-17-6-4-7-18(16-17)25-12-14-27(15-13-25)23(28)21-20(26-10-2-3-11-26)19-8-5-9-24-22(19)29-21/h2-11,16H,12-15H2,1H3. The number of rotatable bonds is 3. The van der Waals surface area contributed by atoms with Crippen LogP contribution in [0.3, 0.4) is 0 Å². The van der Waals surface area contributed by atoms with Gasteiger partial charge < -0.3 is 14.4 Å². The third-order valence-corrected chi connectivity index (χ3v) is 6.52. The van der Waals surface area contributed by atoms with E-state index in [4.69, 9.17) is 0 Å². The second-order valence-corrected chi connectivity index (χ2v) is 8.34. The fourth-order valence-electron chi connectivity index (χ4n) is 3.94. The van der Waals surface area contributed by atoms with Gasteiger partial charge in [0.15, 0.2) is 0 Å². The molecule has 1 amide bonds. The van der Waals surface area contributed by atoms with Gasteiger partial charge in [-0.1, -0.05) is 12.1 Å². The van der Waals surface area contributed by atoms with Crippen molar-refractivity contribution >= 4 is 33.1 Å². The number of amides is 1. The summed E-state index contributed by atoms with van der Waals surface area (Å²) < 4.78 is 2.02. The van der Waals surface area contributed by atoms with Crippen LogP contribution in [0.5, 0.6) is 0 Å². The predicted octanol–water partition coefficient (Wildman–Crippen LogP) is 4.36. The van der Waals surface area contributed by atoms with Crippen molar-refractivity contribution < 1.29 is 4.79 Å². The van der Waals surface area contributed by atoms with Gasteiger partial charge in [-0.2, -0.15) is 0 Å². The summed E-state index contributed by atoms with van der Waals surface area (Å²) in [6.07, 6.45) is 5.76. The normalized spacial score (nSPS) is 14.5. The summed E-state index contributed by atoms with van der Waals surface area (Å²) in [6.45, 7) is 5.25. The van der Waals surface area contributed by atoms with Gasteiger partial charge in [-0.15, -0.1) is 11.3 Å². The van der Waals surface area contributed by atoms with Crippen LogP contribution >= 0.6 is 11.3 Å². The van der Waals surface area contributed by atoms with E-state index < -0.39 is 0 Å². The lowest BCUT2D eigenvalue weighted by Crippen LogP contribution is -2.48. The number of nitrogens with zero attached hydrogens (tertiary/aromatic N) is 4. The molecule has 146 valence electrons. The fourth-order valence-corrected chi connectivity index (χ4v) is 5.05. The van der Waals surface area contributed by atoms with E-state index in [0.717, 1.165) is 47.0 Å². The average Bonchev–Trinajstić information content (AvgIpc) is 3.41. The van der Waals surface area contributed by atoms with E-state index in [-0.39, 0.29) is 5.91 Å². The number of anilines is 1. The highest BCUT2D eigenvalue weighted by Gasteiger charge is 2.27. The largest absolute Gasteiger partial charge is 0.368 e. The molecule has 5 rings (SSSR count). The van der Waals surface area contributed by atoms with Crippen molar-refractivity contribution in [1.29, 1.82) is 0 Å². The summed E-state index contributed by atoms with van der Waals surface area (Å²) in [5.74, 6) is 0.0978. The van der Waals surface area contributed by atoms with E-state index in [1.165, 1.54) is 22.6 Å². The zero-order valence-electron chi connectivity index (χ0n) is 16.3. The van der Waals surface area contributed by atoms with Crippen LogP contribution in [0.1, 0.15) is 15.2 Å². The molecule has 1 aliphatic heterocycles. The van der Waals surface area contributed by atoms with E-state index >= 15 is 0 Å². The predicted molar refractivity (Wildman–Crippen MR) is 118 cm³/mol. The zero-order valence-corrected chi connectivity index (χ0v) is 17.1. The maximum atomic E-state index is 13.5. The van der Waals surface area contributed by atoms with Gasteiger partial charge in [0.05, 0.1) is 5.69 Å². The molecule has 29 heavy (non-hydrogen) atoms. The van der Waals surface area contributed by atoms with Crippen LogP contribution in [0, 0.1) is 6.92 Å². The molecule has 0 aliphatic carbocycles. The van der Waals surface area contributed by atoms with E-state index in [1.807, 2.05) is 46.1 Å². The van der Waals surface area contributed by atoms with Crippen LogP contribution in [0.4, 0.5) is 5.69 Å². The van der Waals surface area contributed by atoms with Crippen LogP contribution in [0.2, 0.25) is 0 Å². The average molecular weight is 403 g/mol. The van der Waals surface area contributed by atoms with Crippen LogP contribution in [-0.2, 0) is 0 Å². The number of piperazine rings is 1. The number of aromatic nitrogens is 2. The molecule has 0 radical (unpaired) electrons. The van der Waals surface area contributed by atoms with Gasteiger partial charge in [0, 0.05) is 55.8 Å². The van der Waals surface area contributed by atoms with E-state index in [2.05, 4.69) is 41.1 Å². The second-order valence-electron chi connectivity index (χ2n) is 7.34. The summed E-state index contributed by atoms with van der Waals surface area (Å²) >= 11 is 1.49. The summed E-state index contributed by atoms with van der Waals surface area (Å²) in [5, 5.41) is 1.02. The Balaban J connectivity index is 1.42. The number of carbonyl (C=O) groups excluding carboxylic acids is 1. The Morgan fingerprint density at radius 1 is 1.00 bits per heavy atom. The summed E-state index contributed by atoms with van der Waals surface area (Å²) in [7, 11) is 0. The Morgan fingerprint density at radius 2 is 1.79 bits per heavy atom. The molecule has 4 heterocycles. The van der Waals surface area contributed by atoms with Crippen molar-refractivity contribution in [3.8, 4) is 5.69 Å². The van der Waals surface area contributed by atoms with Crippen LogP contribution in [0.15, 0.2) is 67.1 Å². The number of carbonyl (C=O) groups is 1. The maximum absolute atomic E-state index is 13.5. The van der Waals surface area contributed by atoms with Gasteiger partial charge in [-0.3, -0.25) is 4.79 Å². The Bertz CT molecular complexity index is 1160. The van der Waals surface area contributed by atoms with E-state index in [0.29, 0.717) is 0 Å². The van der Waals surface area contributed by atoms with Gasteiger partial charge in [0.1, 0.15) is 9.71 Å². The Kier molecular flexibility index (Phi) is 4.56. The van der Waals surface area contributed by atoms with Gasteiger partial charge in [0.25, 0.3) is 5.91 Å². The Hall–Kier alpha value is -3.12. The lowest BCUT2D eigenvalue weighted by atomic mass is 10.2. The first-order valence-corrected chi connectivity index (χ1v) is 10.6. The minimum Gasteiger partial charge on any atom is -0.368 e. The van der Waals surface area contributed by atoms with Gasteiger partial charge in [-0.25, -0.2) is 4.98 Å². The molecule has 0 unspecified atom stereocenters. The number of thiophene rings is 1. The molecule has 4 aromatic rings. The topological polar surface area (TPSA) is 41.4 Å². The number of hydrogen-bond acceptors (Lipinski definition) is 4. The summed E-state index contributed by atoms with van der Waals surface area (Å²) in [4.78, 5) is 23.9. The Labute approximate surface area is 173 Å². The molecule has 1 aromatic carbocycles. The molecule has 0 spiro atoms. The molecule has 1 aliphatic rings. The highest BCUT2D eigenvalue weighted by Crippen LogP contribution is 2.34. The molecule has 1 fully saturated rings. The van der Waals surface area contributed by atoms with Crippen molar-refractivity contribution in [2.45, 2.75) is 6.92 Å².